The summed E-state index contributed by atoms with van der Waals surface area (Å²) in [4.78, 5) is 16.7. The van der Waals surface area contributed by atoms with Gasteiger partial charge in [-0.1, -0.05) is 41.9 Å². The molecule has 0 radical (unpaired) electrons. The Labute approximate surface area is 146 Å². The molecule has 3 rings (SSSR count). The molecule has 0 unspecified atom stereocenters. The van der Waals surface area contributed by atoms with Gasteiger partial charge in [0.15, 0.2) is 0 Å². The average Bonchev–Trinajstić information content (AvgIpc) is 2.61. The molecule has 2 aromatic carbocycles. The summed E-state index contributed by atoms with van der Waals surface area (Å²) in [6.45, 7) is 2.38. The number of halogens is 1. The smallest absolute Gasteiger partial charge is 0.261 e. The monoisotopic (exact) mass is 341 g/mol. The first-order chi connectivity index (χ1) is 11.8. The van der Waals surface area contributed by atoms with Crippen LogP contribution in [0.5, 0.6) is 0 Å². The third kappa shape index (κ3) is 4.02. The van der Waals surface area contributed by atoms with Crippen molar-refractivity contribution in [2.75, 3.05) is 13.1 Å². The molecular formula is C19H20ClN3O. The van der Waals surface area contributed by atoms with Crippen molar-refractivity contribution >= 4 is 22.5 Å². The summed E-state index contributed by atoms with van der Waals surface area (Å²) in [6, 6.07) is 15.3. The van der Waals surface area contributed by atoms with Crippen LogP contribution in [0.25, 0.3) is 10.9 Å². The molecule has 0 bridgehead atoms. The van der Waals surface area contributed by atoms with Crippen LogP contribution < -0.4 is 10.9 Å². The Morgan fingerprint density at radius 3 is 2.71 bits per heavy atom. The lowest BCUT2D eigenvalue weighted by Gasteiger charge is -2.08. The first-order valence-electron chi connectivity index (χ1n) is 8.14. The summed E-state index contributed by atoms with van der Waals surface area (Å²) in [7, 11) is 0. The minimum atomic E-state index is 0.0247. The zero-order valence-electron chi connectivity index (χ0n) is 13.4. The molecule has 1 N–H and O–H groups in total. The fraction of sp³-hybridized carbons (Fsp3) is 0.263. The van der Waals surface area contributed by atoms with Crippen LogP contribution >= 0.6 is 11.6 Å². The number of hydrogen-bond donors (Lipinski definition) is 1. The molecule has 0 spiro atoms. The molecular weight excluding hydrogens is 322 g/mol. The zero-order valence-corrected chi connectivity index (χ0v) is 14.2. The molecule has 1 aromatic heterocycles. The molecule has 124 valence electrons. The Kier molecular flexibility index (Phi) is 5.62. The Morgan fingerprint density at radius 2 is 1.83 bits per heavy atom. The molecule has 0 atom stereocenters. The van der Waals surface area contributed by atoms with Crippen molar-refractivity contribution in [3.8, 4) is 0 Å². The lowest BCUT2D eigenvalue weighted by atomic mass is 10.1. The number of nitrogens with one attached hydrogen (secondary N) is 1. The van der Waals surface area contributed by atoms with E-state index >= 15 is 0 Å². The maximum Gasteiger partial charge on any atom is 0.261 e. The van der Waals surface area contributed by atoms with Gasteiger partial charge in [-0.05, 0) is 49.7 Å². The molecule has 0 aliphatic rings. The fourth-order valence-corrected chi connectivity index (χ4v) is 2.92. The van der Waals surface area contributed by atoms with E-state index in [9.17, 15) is 4.79 Å². The number of rotatable bonds is 7. The second kappa shape index (κ2) is 8.08. The van der Waals surface area contributed by atoms with E-state index in [-0.39, 0.29) is 5.56 Å². The van der Waals surface area contributed by atoms with Crippen LogP contribution in [0.1, 0.15) is 12.0 Å². The van der Waals surface area contributed by atoms with Gasteiger partial charge in [0.25, 0.3) is 5.56 Å². The van der Waals surface area contributed by atoms with Crippen LogP contribution in [0, 0.1) is 0 Å². The van der Waals surface area contributed by atoms with Crippen LogP contribution in [-0.2, 0) is 13.0 Å². The maximum absolute atomic E-state index is 12.4. The van der Waals surface area contributed by atoms with Gasteiger partial charge in [-0.2, -0.15) is 0 Å². The summed E-state index contributed by atoms with van der Waals surface area (Å²) in [5.74, 6) is 0. The third-order valence-corrected chi connectivity index (χ3v) is 4.38. The molecule has 0 aliphatic heterocycles. The molecule has 3 aromatic rings. The van der Waals surface area contributed by atoms with Crippen LogP contribution in [0.15, 0.2) is 59.7 Å². The lowest BCUT2D eigenvalue weighted by Crippen LogP contribution is -2.24. The van der Waals surface area contributed by atoms with Crippen molar-refractivity contribution in [1.29, 1.82) is 0 Å². The first-order valence-corrected chi connectivity index (χ1v) is 8.52. The minimum absolute atomic E-state index is 0.0247. The van der Waals surface area contributed by atoms with E-state index in [4.69, 9.17) is 11.6 Å². The van der Waals surface area contributed by atoms with E-state index in [1.807, 2.05) is 48.5 Å². The normalized spacial score (nSPS) is 11.0. The predicted molar refractivity (Wildman–Crippen MR) is 98.6 cm³/mol. The summed E-state index contributed by atoms with van der Waals surface area (Å²) in [6.07, 6.45) is 3.41. The van der Waals surface area contributed by atoms with Gasteiger partial charge in [0, 0.05) is 11.6 Å². The van der Waals surface area contributed by atoms with Gasteiger partial charge in [-0.3, -0.25) is 9.36 Å². The number of aryl methyl sites for hydroxylation is 1. The standard InChI is InChI=1S/C19H20ClN3O/c20-17-8-3-1-6-15(17)10-12-21-11-5-13-23-14-22-18-9-4-2-7-16(18)19(23)24/h1-4,6-9,14,21H,5,10-13H2. The molecule has 1 heterocycles. The van der Waals surface area contributed by atoms with Crippen molar-refractivity contribution < 1.29 is 0 Å². The van der Waals surface area contributed by atoms with E-state index in [0.717, 1.165) is 42.0 Å². The van der Waals surface area contributed by atoms with Crippen molar-refractivity contribution in [1.82, 2.24) is 14.9 Å². The van der Waals surface area contributed by atoms with Crippen LogP contribution in [0.3, 0.4) is 0 Å². The van der Waals surface area contributed by atoms with Crippen LogP contribution in [0.4, 0.5) is 0 Å². The highest BCUT2D eigenvalue weighted by atomic mass is 35.5. The molecule has 0 saturated heterocycles. The molecule has 0 saturated carbocycles. The highest BCUT2D eigenvalue weighted by molar-refractivity contribution is 6.31. The second-order valence-electron chi connectivity index (χ2n) is 5.71. The van der Waals surface area contributed by atoms with Gasteiger partial charge in [0.05, 0.1) is 17.2 Å². The van der Waals surface area contributed by atoms with Crippen molar-refractivity contribution in [2.24, 2.45) is 0 Å². The van der Waals surface area contributed by atoms with E-state index in [1.54, 1.807) is 10.9 Å². The van der Waals surface area contributed by atoms with Crippen molar-refractivity contribution in [3.63, 3.8) is 0 Å². The summed E-state index contributed by atoms with van der Waals surface area (Å²) in [5, 5.41) is 4.88. The lowest BCUT2D eigenvalue weighted by molar-refractivity contribution is 0.569. The molecule has 5 heteroatoms. The Hall–Kier alpha value is -2.17. The number of nitrogens with zero attached hydrogens (tertiary/aromatic N) is 2. The van der Waals surface area contributed by atoms with E-state index in [0.29, 0.717) is 11.9 Å². The fourth-order valence-electron chi connectivity index (χ4n) is 2.69. The van der Waals surface area contributed by atoms with Crippen LogP contribution in [0.2, 0.25) is 5.02 Å². The summed E-state index contributed by atoms with van der Waals surface area (Å²) in [5.41, 5.74) is 1.93. The number of fused-ring (bicyclic) bond motifs is 1. The topological polar surface area (TPSA) is 46.9 Å². The predicted octanol–water partition coefficient (Wildman–Crippen LogP) is 3.27. The number of para-hydroxylation sites is 1. The van der Waals surface area contributed by atoms with Crippen molar-refractivity contribution in [3.05, 3.63) is 75.8 Å². The molecule has 0 aliphatic carbocycles. The third-order valence-electron chi connectivity index (χ3n) is 4.01. The molecule has 0 fully saturated rings. The van der Waals surface area contributed by atoms with Gasteiger partial charge >= 0.3 is 0 Å². The maximum atomic E-state index is 12.4. The van der Waals surface area contributed by atoms with Crippen molar-refractivity contribution in [2.45, 2.75) is 19.4 Å². The number of hydrogen-bond acceptors (Lipinski definition) is 3. The Morgan fingerprint density at radius 1 is 1.04 bits per heavy atom. The van der Waals surface area contributed by atoms with E-state index in [1.165, 1.54) is 0 Å². The van der Waals surface area contributed by atoms with E-state index in [2.05, 4.69) is 10.3 Å². The van der Waals surface area contributed by atoms with E-state index < -0.39 is 0 Å². The first kappa shape index (κ1) is 16.7. The Balaban J connectivity index is 1.46. The largest absolute Gasteiger partial charge is 0.316 e. The van der Waals surface area contributed by atoms with Gasteiger partial charge in [-0.25, -0.2) is 4.98 Å². The second-order valence-corrected chi connectivity index (χ2v) is 6.11. The summed E-state index contributed by atoms with van der Waals surface area (Å²) < 4.78 is 1.68. The molecule has 0 amide bonds. The Bertz CT molecular complexity index is 876. The molecule has 24 heavy (non-hydrogen) atoms. The minimum Gasteiger partial charge on any atom is -0.316 e. The number of aromatic nitrogens is 2. The molecule has 4 nitrogen and oxygen atoms in total. The van der Waals surface area contributed by atoms with Gasteiger partial charge < -0.3 is 5.32 Å². The SMILES string of the molecule is O=c1c2ccccc2ncn1CCCNCCc1ccccc1Cl. The quantitative estimate of drug-likeness (QED) is 0.671. The van der Waals surface area contributed by atoms with Gasteiger partial charge in [0.2, 0.25) is 0 Å². The van der Waals surface area contributed by atoms with Gasteiger partial charge in [0.1, 0.15) is 0 Å². The highest BCUT2D eigenvalue weighted by Crippen LogP contribution is 2.14. The number of benzene rings is 2. The highest BCUT2D eigenvalue weighted by Gasteiger charge is 2.03. The summed E-state index contributed by atoms with van der Waals surface area (Å²) >= 11 is 6.14. The zero-order chi connectivity index (χ0) is 16.8. The van der Waals surface area contributed by atoms with Gasteiger partial charge in [-0.15, -0.1) is 0 Å². The van der Waals surface area contributed by atoms with Crippen LogP contribution in [-0.4, -0.2) is 22.6 Å². The average molecular weight is 342 g/mol.